The minimum Gasteiger partial charge on any atom is -0.481 e. The molecule has 9 atom stereocenters. The van der Waals surface area contributed by atoms with E-state index in [1.54, 1.807) is 52.2 Å². The number of nitrogens with one attached hydrogen (secondary N) is 1. The van der Waals surface area contributed by atoms with Crippen LogP contribution in [0.25, 0.3) is 0 Å². The lowest BCUT2D eigenvalue weighted by Crippen LogP contribution is -2.46. The number of aromatic nitrogens is 2. The van der Waals surface area contributed by atoms with E-state index >= 15 is 0 Å². The van der Waals surface area contributed by atoms with Gasteiger partial charge in [0.25, 0.3) is 5.97 Å². The zero-order chi connectivity index (χ0) is 46.4. The highest BCUT2D eigenvalue weighted by molar-refractivity contribution is 5.85. The summed E-state index contributed by atoms with van der Waals surface area (Å²) in [5.74, 6) is -3.67. The zero-order valence-electron chi connectivity index (χ0n) is 37.0. The van der Waals surface area contributed by atoms with Crippen LogP contribution in [-0.2, 0) is 44.5 Å². The van der Waals surface area contributed by atoms with E-state index in [0.29, 0.717) is 30.9 Å². The molecule has 1 amide bonds. The Bertz CT molecular complexity index is 1730. The first-order valence-electron chi connectivity index (χ1n) is 20.4. The fraction of sp³-hybridized carbons (Fsp3) is 0.628. The number of carboxylic acid groups (broad SMARTS) is 2. The number of Topliss-reactive ketones (excluding diaryl/α,β-unsaturated/α-hetero) is 1. The van der Waals surface area contributed by atoms with Crippen molar-refractivity contribution in [1.29, 1.82) is 5.26 Å². The van der Waals surface area contributed by atoms with Crippen molar-refractivity contribution in [2.45, 2.75) is 137 Å². The van der Waals surface area contributed by atoms with Gasteiger partial charge in [-0.3, -0.25) is 28.7 Å². The van der Waals surface area contributed by atoms with Gasteiger partial charge >= 0.3 is 24.1 Å². The topological polar surface area (TPSA) is 257 Å². The van der Waals surface area contributed by atoms with Crippen LogP contribution >= 0.6 is 0 Å². The van der Waals surface area contributed by atoms with Crippen LogP contribution in [0.3, 0.4) is 0 Å². The van der Waals surface area contributed by atoms with Gasteiger partial charge in [-0.25, -0.2) is 9.59 Å². The molecule has 340 valence electrons. The van der Waals surface area contributed by atoms with Crippen LogP contribution in [0.5, 0.6) is 0 Å². The number of aliphatic hydroxyl groups is 1. The number of alkyl carbamates (subject to hydrolysis) is 1. The number of rotatable bonds is 4. The predicted octanol–water partition coefficient (Wildman–Crippen LogP) is 5.43. The van der Waals surface area contributed by atoms with Crippen molar-refractivity contribution in [3.05, 3.63) is 54.1 Å². The van der Waals surface area contributed by atoms with Gasteiger partial charge in [0, 0.05) is 56.0 Å². The van der Waals surface area contributed by atoms with E-state index in [9.17, 15) is 29.1 Å². The van der Waals surface area contributed by atoms with Crippen LogP contribution in [0.2, 0.25) is 0 Å². The molecule has 2 aromatic rings. The number of cyclic esters (lactones) is 1. The Morgan fingerprint density at radius 3 is 2.28 bits per heavy atom. The van der Waals surface area contributed by atoms with Crippen molar-refractivity contribution in [1.82, 2.24) is 19.8 Å². The highest BCUT2D eigenvalue weighted by Gasteiger charge is 2.44. The first-order chi connectivity index (χ1) is 28.6. The highest BCUT2D eigenvalue weighted by Crippen LogP contribution is 2.32. The Morgan fingerprint density at radius 1 is 1.08 bits per heavy atom. The number of hydrogen-bond acceptors (Lipinski definition) is 14. The molecule has 2 aromatic heterocycles. The van der Waals surface area contributed by atoms with Crippen LogP contribution in [0.15, 0.2) is 43.0 Å². The number of nitriles is 1. The number of esters is 1. The van der Waals surface area contributed by atoms with Crippen LogP contribution in [0.1, 0.15) is 105 Å². The van der Waals surface area contributed by atoms with Crippen molar-refractivity contribution >= 4 is 35.9 Å². The molecule has 61 heavy (non-hydrogen) atoms. The Labute approximate surface area is 358 Å². The molecular weight excluding hydrogens is 794 g/mol. The summed E-state index contributed by atoms with van der Waals surface area (Å²) < 4.78 is 22.9. The maximum atomic E-state index is 13.3. The van der Waals surface area contributed by atoms with Crippen LogP contribution in [-0.4, -0.2) is 123 Å². The van der Waals surface area contributed by atoms with Gasteiger partial charge in [-0.2, -0.15) is 5.26 Å². The van der Waals surface area contributed by atoms with Gasteiger partial charge in [0.1, 0.15) is 24.1 Å². The summed E-state index contributed by atoms with van der Waals surface area (Å²) in [6.45, 7) is 14.0. The molecule has 0 bridgehead atoms. The van der Waals surface area contributed by atoms with E-state index in [4.69, 9.17) is 39.2 Å². The minimum absolute atomic E-state index is 0.0494. The smallest absolute Gasteiger partial charge is 0.418 e. The number of pyridine rings is 1. The maximum absolute atomic E-state index is 13.3. The number of ether oxygens (including phenoxy) is 4. The molecule has 1 unspecified atom stereocenters. The van der Waals surface area contributed by atoms with Gasteiger partial charge in [0.2, 0.25) is 0 Å². The third-order valence-electron chi connectivity index (χ3n) is 9.93. The first-order valence-corrected chi connectivity index (χ1v) is 20.4. The lowest BCUT2D eigenvalue weighted by molar-refractivity contribution is -0.172. The van der Waals surface area contributed by atoms with Crippen molar-refractivity contribution in [2.75, 3.05) is 20.7 Å². The Hall–Kier alpha value is -5.38. The SMILES string of the molecule is CC.CC(=O)O.C[C@@H]1CCC[C@](C)(OC(=O)n2ccc(C#N)c2)C[C@@H](C)C(=O)[C@H](C)[C@H]2NC(=O)O[C@@H]2COC1=O.C[C@@H]1C[C@H](N(C)C)CC(O)O1.O=C(O)Cc1cccnc1. The molecule has 5 rings (SSSR count). The van der Waals surface area contributed by atoms with Gasteiger partial charge in [-0.1, -0.05) is 40.7 Å². The number of ketones is 1. The molecule has 5 heterocycles. The number of carbonyl (C=O) groups excluding carboxylic acids is 4. The fourth-order valence-electron chi connectivity index (χ4n) is 6.86. The number of carbonyl (C=O) groups is 6. The molecule has 4 N–H and O–H groups in total. The summed E-state index contributed by atoms with van der Waals surface area (Å²) in [5, 5.41) is 36.7. The van der Waals surface area contributed by atoms with Gasteiger partial charge in [-0.05, 0) is 77.7 Å². The molecule has 18 heteroatoms. The van der Waals surface area contributed by atoms with E-state index in [1.807, 2.05) is 40.9 Å². The molecule has 3 fully saturated rings. The lowest BCUT2D eigenvalue weighted by Gasteiger charge is -2.34. The Morgan fingerprint density at radius 2 is 1.74 bits per heavy atom. The summed E-state index contributed by atoms with van der Waals surface area (Å²) in [5.41, 5.74) is 0.0640. The summed E-state index contributed by atoms with van der Waals surface area (Å²) in [7, 11) is 4.07. The van der Waals surface area contributed by atoms with Crippen LogP contribution in [0.4, 0.5) is 9.59 Å². The molecule has 18 nitrogen and oxygen atoms in total. The third-order valence-corrected chi connectivity index (χ3v) is 9.93. The number of amides is 1. The summed E-state index contributed by atoms with van der Waals surface area (Å²) in [6.07, 6.45) is 7.11. The number of fused-ring (bicyclic) bond motifs is 1. The maximum Gasteiger partial charge on any atom is 0.418 e. The fourth-order valence-corrected chi connectivity index (χ4v) is 6.86. The third kappa shape index (κ3) is 19.7. The van der Waals surface area contributed by atoms with Crippen molar-refractivity contribution in [2.24, 2.45) is 17.8 Å². The number of aliphatic hydroxyl groups excluding tert-OH is 1. The second kappa shape index (κ2) is 26.7. The molecule has 3 aliphatic rings. The molecule has 0 aliphatic carbocycles. The molecule has 0 radical (unpaired) electrons. The lowest BCUT2D eigenvalue weighted by atomic mass is 9.80. The van der Waals surface area contributed by atoms with Crippen molar-refractivity contribution < 1.29 is 63.0 Å². The summed E-state index contributed by atoms with van der Waals surface area (Å²) in [6, 6.07) is 6.76. The molecule has 0 aromatic carbocycles. The second-order valence-corrected chi connectivity index (χ2v) is 15.5. The predicted molar refractivity (Wildman–Crippen MR) is 222 cm³/mol. The Balaban J connectivity index is 0.000000555. The molecule has 3 saturated heterocycles. The van der Waals surface area contributed by atoms with Crippen LogP contribution < -0.4 is 5.32 Å². The number of hydrogen-bond donors (Lipinski definition) is 4. The largest absolute Gasteiger partial charge is 0.481 e. The average molecular weight is 860 g/mol. The monoisotopic (exact) mass is 859 g/mol. The van der Waals surface area contributed by atoms with Crippen molar-refractivity contribution in [3.63, 3.8) is 0 Å². The number of nitrogens with zero attached hydrogens (tertiary/aromatic N) is 4. The minimum atomic E-state index is -0.995. The average Bonchev–Trinajstić information content (AvgIpc) is 3.83. The van der Waals surface area contributed by atoms with Crippen molar-refractivity contribution in [3.8, 4) is 6.07 Å². The van der Waals surface area contributed by atoms with Gasteiger partial charge in [-0.15, -0.1) is 0 Å². The molecule has 0 spiro atoms. The van der Waals surface area contributed by atoms with Gasteiger partial charge in [0.05, 0.1) is 30.0 Å². The first kappa shape index (κ1) is 53.6. The number of carboxylic acids is 2. The van der Waals surface area contributed by atoms with E-state index in [0.717, 1.165) is 25.3 Å². The highest BCUT2D eigenvalue weighted by atomic mass is 16.6. The molecule has 0 saturated carbocycles. The summed E-state index contributed by atoms with van der Waals surface area (Å²) in [4.78, 5) is 75.4. The number of aliphatic carboxylic acids is 2. The van der Waals surface area contributed by atoms with E-state index in [2.05, 4.69) is 15.2 Å². The zero-order valence-corrected chi connectivity index (χ0v) is 37.0. The van der Waals surface area contributed by atoms with E-state index < -0.39 is 71.9 Å². The summed E-state index contributed by atoms with van der Waals surface area (Å²) >= 11 is 0. The standard InChI is InChI=1S/C24H31N3O7.C8H17NO2.C7H7NO2.C2H4O2.C2H6/c1-14-6-5-8-24(4,34-23(31)27-9-7-17(11-25)12-27)10-15(2)20(28)16(3)19-18(13-32-21(14)29)33-22(30)26-19;1-6-4-7(9(2)3)5-8(10)11-6;9-7(10)4-6-2-1-3-8-5-6;1-2(3)4;1-2/h7,9,12,14-16,18-19H,5-6,8,10,13H2,1-4H3,(H,26,30);6-8,10H,4-5H2,1-3H3;1-3,5H,4H2,(H,9,10);1H3,(H,3,4);1-2H3/t14-,15-,16-,18-,19-,24+;6-,7+,8?;;;/m11.../s1. The van der Waals surface area contributed by atoms with Gasteiger partial charge in [0.15, 0.2) is 12.4 Å². The Kier molecular flexibility index (Phi) is 23.5. The quantitative estimate of drug-likeness (QED) is 0.221. The van der Waals surface area contributed by atoms with Crippen LogP contribution in [0, 0.1) is 29.1 Å². The van der Waals surface area contributed by atoms with Gasteiger partial charge < -0.3 is 44.5 Å². The van der Waals surface area contributed by atoms with E-state index in [-0.39, 0.29) is 31.3 Å². The molecular formula is C43H65N5O13. The second-order valence-electron chi connectivity index (χ2n) is 15.5. The molecule has 3 aliphatic heterocycles. The van der Waals surface area contributed by atoms with E-state index in [1.165, 1.54) is 23.0 Å². The normalized spacial score (nSPS) is 27.5.